The highest BCUT2D eigenvalue weighted by atomic mass is 32.1. The summed E-state index contributed by atoms with van der Waals surface area (Å²) in [5.41, 5.74) is 0. The van der Waals surface area contributed by atoms with Crippen LogP contribution in [0.5, 0.6) is 0 Å². The minimum Gasteiger partial charge on any atom is -0.313 e. The molecule has 0 bridgehead atoms. The summed E-state index contributed by atoms with van der Waals surface area (Å²) in [6, 6.07) is 0.689. The highest BCUT2D eigenvalue weighted by molar-refractivity contribution is 7.09. The SMILES string of the molecule is CC(C)CN(Cc1nccs1)CC1CCCN1. The first kappa shape index (κ1) is 13.0. The third kappa shape index (κ3) is 4.37. The Kier molecular flexibility index (Phi) is 4.95. The smallest absolute Gasteiger partial charge is 0.107 e. The molecule has 1 unspecified atom stereocenters. The van der Waals surface area contributed by atoms with E-state index in [-0.39, 0.29) is 0 Å². The standard InChI is InChI=1S/C13H23N3S/c1-11(2)8-16(9-12-4-3-5-14-12)10-13-15-6-7-17-13/h6-7,11-12,14H,3-5,8-10H2,1-2H3. The van der Waals surface area contributed by atoms with Gasteiger partial charge in [0.2, 0.25) is 0 Å². The zero-order valence-corrected chi connectivity index (χ0v) is 11.7. The minimum absolute atomic E-state index is 0.689. The molecule has 1 aromatic rings. The van der Waals surface area contributed by atoms with Gasteiger partial charge in [0.15, 0.2) is 0 Å². The second-order valence-electron chi connectivity index (χ2n) is 5.31. The molecule has 1 aliphatic heterocycles. The van der Waals surface area contributed by atoms with Crippen molar-refractivity contribution in [3.05, 3.63) is 16.6 Å². The minimum atomic E-state index is 0.689. The molecule has 1 fully saturated rings. The highest BCUT2D eigenvalue weighted by Crippen LogP contribution is 2.13. The Bertz CT molecular complexity index is 304. The van der Waals surface area contributed by atoms with Crippen LogP contribution in [-0.2, 0) is 6.54 Å². The summed E-state index contributed by atoms with van der Waals surface area (Å²) in [6.45, 7) is 9.11. The van der Waals surface area contributed by atoms with E-state index in [2.05, 4.69) is 34.4 Å². The van der Waals surface area contributed by atoms with Gasteiger partial charge in [-0.1, -0.05) is 13.8 Å². The normalized spacial score (nSPS) is 20.6. The Balaban J connectivity index is 1.87. The van der Waals surface area contributed by atoms with E-state index >= 15 is 0 Å². The molecule has 1 saturated heterocycles. The summed E-state index contributed by atoms with van der Waals surface area (Å²) in [5, 5.41) is 6.89. The van der Waals surface area contributed by atoms with Crippen molar-refractivity contribution in [2.24, 2.45) is 5.92 Å². The third-order valence-corrected chi connectivity index (χ3v) is 3.87. The monoisotopic (exact) mass is 253 g/mol. The van der Waals surface area contributed by atoms with Gasteiger partial charge in [-0.15, -0.1) is 11.3 Å². The van der Waals surface area contributed by atoms with Gasteiger partial charge in [0.05, 0.1) is 6.54 Å². The summed E-state index contributed by atoms with van der Waals surface area (Å²) in [7, 11) is 0. The number of nitrogens with zero attached hydrogens (tertiary/aromatic N) is 2. The van der Waals surface area contributed by atoms with Gasteiger partial charge >= 0.3 is 0 Å². The number of hydrogen-bond donors (Lipinski definition) is 1. The predicted octanol–water partition coefficient (Wildman–Crippen LogP) is 2.35. The molecule has 4 heteroatoms. The zero-order chi connectivity index (χ0) is 12.1. The molecule has 2 rings (SSSR count). The van der Waals surface area contributed by atoms with Gasteiger partial charge in [-0.3, -0.25) is 4.90 Å². The number of hydrogen-bond acceptors (Lipinski definition) is 4. The largest absolute Gasteiger partial charge is 0.313 e. The summed E-state index contributed by atoms with van der Waals surface area (Å²) in [4.78, 5) is 6.94. The lowest BCUT2D eigenvalue weighted by Gasteiger charge is -2.26. The topological polar surface area (TPSA) is 28.2 Å². The lowest BCUT2D eigenvalue weighted by atomic mass is 10.1. The van der Waals surface area contributed by atoms with E-state index in [0.717, 1.165) is 25.6 Å². The number of rotatable bonds is 6. The van der Waals surface area contributed by atoms with E-state index in [1.807, 2.05) is 6.20 Å². The summed E-state index contributed by atoms with van der Waals surface area (Å²) in [6.07, 6.45) is 4.56. The van der Waals surface area contributed by atoms with Crippen molar-refractivity contribution in [2.75, 3.05) is 19.6 Å². The molecule has 1 aromatic heterocycles. The van der Waals surface area contributed by atoms with Crippen LogP contribution in [0, 0.1) is 5.92 Å². The fourth-order valence-electron chi connectivity index (χ4n) is 2.47. The molecule has 96 valence electrons. The van der Waals surface area contributed by atoms with Crippen LogP contribution in [0.4, 0.5) is 0 Å². The van der Waals surface area contributed by atoms with Crippen LogP contribution >= 0.6 is 11.3 Å². The van der Waals surface area contributed by atoms with Gasteiger partial charge < -0.3 is 5.32 Å². The second-order valence-corrected chi connectivity index (χ2v) is 6.29. The first-order valence-corrected chi connectivity index (χ1v) is 7.46. The summed E-state index contributed by atoms with van der Waals surface area (Å²) >= 11 is 1.76. The molecule has 17 heavy (non-hydrogen) atoms. The molecule has 0 amide bonds. The summed E-state index contributed by atoms with van der Waals surface area (Å²) < 4.78 is 0. The van der Waals surface area contributed by atoms with Crippen molar-refractivity contribution in [3.8, 4) is 0 Å². The highest BCUT2D eigenvalue weighted by Gasteiger charge is 2.19. The number of thiazole rings is 1. The molecular formula is C13H23N3S. The first-order chi connectivity index (χ1) is 8.24. The molecule has 0 saturated carbocycles. The van der Waals surface area contributed by atoms with Gasteiger partial charge in [0.1, 0.15) is 5.01 Å². The fraction of sp³-hybridized carbons (Fsp3) is 0.769. The first-order valence-electron chi connectivity index (χ1n) is 6.58. The molecule has 1 aliphatic rings. The maximum atomic E-state index is 4.39. The van der Waals surface area contributed by atoms with E-state index in [9.17, 15) is 0 Å². The Morgan fingerprint density at radius 3 is 3.06 bits per heavy atom. The van der Waals surface area contributed by atoms with E-state index in [1.54, 1.807) is 11.3 Å². The van der Waals surface area contributed by atoms with Crippen molar-refractivity contribution in [1.29, 1.82) is 0 Å². The quantitative estimate of drug-likeness (QED) is 0.843. The lowest BCUT2D eigenvalue weighted by Crippen LogP contribution is -2.38. The molecule has 0 aliphatic carbocycles. The van der Waals surface area contributed by atoms with E-state index in [0.29, 0.717) is 6.04 Å². The van der Waals surface area contributed by atoms with Gasteiger partial charge in [0.25, 0.3) is 0 Å². The maximum Gasteiger partial charge on any atom is 0.107 e. The van der Waals surface area contributed by atoms with Crippen LogP contribution in [0.25, 0.3) is 0 Å². The van der Waals surface area contributed by atoms with Crippen molar-refractivity contribution in [3.63, 3.8) is 0 Å². The van der Waals surface area contributed by atoms with E-state index < -0.39 is 0 Å². The summed E-state index contributed by atoms with van der Waals surface area (Å²) in [5.74, 6) is 0.719. The van der Waals surface area contributed by atoms with Crippen molar-refractivity contribution in [1.82, 2.24) is 15.2 Å². The van der Waals surface area contributed by atoms with Crippen LogP contribution in [0.3, 0.4) is 0 Å². The van der Waals surface area contributed by atoms with Gasteiger partial charge in [-0.25, -0.2) is 4.98 Å². The third-order valence-electron chi connectivity index (χ3n) is 3.11. The van der Waals surface area contributed by atoms with Crippen molar-refractivity contribution < 1.29 is 0 Å². The average Bonchev–Trinajstić information content (AvgIpc) is 2.89. The number of aromatic nitrogens is 1. The van der Waals surface area contributed by atoms with Gasteiger partial charge in [0, 0.05) is 30.7 Å². The van der Waals surface area contributed by atoms with Gasteiger partial charge in [-0.05, 0) is 25.3 Å². The van der Waals surface area contributed by atoms with Crippen LogP contribution in [0.2, 0.25) is 0 Å². The Labute approximate surface area is 108 Å². The molecule has 0 spiro atoms. The van der Waals surface area contributed by atoms with Gasteiger partial charge in [-0.2, -0.15) is 0 Å². The van der Waals surface area contributed by atoms with Crippen molar-refractivity contribution in [2.45, 2.75) is 39.3 Å². The van der Waals surface area contributed by atoms with Crippen LogP contribution < -0.4 is 5.32 Å². The van der Waals surface area contributed by atoms with Crippen LogP contribution in [0.15, 0.2) is 11.6 Å². The maximum absolute atomic E-state index is 4.39. The molecule has 0 aromatic carbocycles. The molecule has 0 radical (unpaired) electrons. The zero-order valence-electron chi connectivity index (χ0n) is 10.9. The molecule has 2 heterocycles. The lowest BCUT2D eigenvalue weighted by molar-refractivity contribution is 0.216. The fourth-order valence-corrected chi connectivity index (χ4v) is 3.12. The van der Waals surface area contributed by atoms with E-state index in [1.165, 1.54) is 24.4 Å². The average molecular weight is 253 g/mol. The second kappa shape index (κ2) is 6.47. The molecule has 1 N–H and O–H groups in total. The molecule has 1 atom stereocenters. The molecular weight excluding hydrogens is 230 g/mol. The Hall–Kier alpha value is -0.450. The Morgan fingerprint density at radius 1 is 1.59 bits per heavy atom. The predicted molar refractivity (Wildman–Crippen MR) is 73.3 cm³/mol. The Morgan fingerprint density at radius 2 is 2.47 bits per heavy atom. The number of nitrogens with one attached hydrogen (secondary N) is 1. The van der Waals surface area contributed by atoms with Crippen LogP contribution in [0.1, 0.15) is 31.7 Å². The van der Waals surface area contributed by atoms with Crippen molar-refractivity contribution >= 4 is 11.3 Å². The van der Waals surface area contributed by atoms with E-state index in [4.69, 9.17) is 0 Å². The van der Waals surface area contributed by atoms with Crippen LogP contribution in [-0.4, -0.2) is 35.6 Å². The molecule has 3 nitrogen and oxygen atoms in total.